The number of piperidine rings is 1. The molecule has 2 saturated heterocycles. The van der Waals surface area contributed by atoms with Crippen LogP contribution in [0.2, 0.25) is 0 Å². The largest absolute Gasteiger partial charge is 0.352 e. The van der Waals surface area contributed by atoms with Crippen molar-refractivity contribution in [1.29, 1.82) is 0 Å². The van der Waals surface area contributed by atoms with Gasteiger partial charge in [0.05, 0.1) is 11.0 Å². The molecule has 0 saturated carbocycles. The molecule has 148 valence electrons. The van der Waals surface area contributed by atoms with E-state index in [2.05, 4.69) is 32.3 Å². The number of benzene rings is 1. The van der Waals surface area contributed by atoms with Gasteiger partial charge in [0.1, 0.15) is 0 Å². The molecule has 1 N–H and O–H groups in total. The second-order valence-corrected chi connectivity index (χ2v) is 8.11. The van der Waals surface area contributed by atoms with E-state index in [1.165, 1.54) is 5.56 Å². The van der Waals surface area contributed by atoms with Gasteiger partial charge in [-0.05, 0) is 37.0 Å². The topological polar surface area (TPSA) is 78.4 Å². The highest BCUT2D eigenvalue weighted by molar-refractivity contribution is 5.76. The summed E-state index contributed by atoms with van der Waals surface area (Å²) in [4.78, 5) is 36.9. The third kappa shape index (κ3) is 3.71. The molecule has 1 atom stereocenters. The Morgan fingerprint density at radius 2 is 1.86 bits per heavy atom. The zero-order valence-corrected chi connectivity index (χ0v) is 16.5. The summed E-state index contributed by atoms with van der Waals surface area (Å²) in [5, 5.41) is 3.01. The Labute approximate surface area is 165 Å². The van der Waals surface area contributed by atoms with Crippen LogP contribution in [0.3, 0.4) is 0 Å². The minimum Gasteiger partial charge on any atom is -0.352 e. The molecular formula is C21H27N5O2. The van der Waals surface area contributed by atoms with Gasteiger partial charge in [-0.25, -0.2) is 0 Å². The van der Waals surface area contributed by atoms with Gasteiger partial charge in [-0.1, -0.05) is 6.07 Å². The van der Waals surface area contributed by atoms with Gasteiger partial charge in [0, 0.05) is 64.0 Å². The Balaban J connectivity index is 1.42. The molecular weight excluding hydrogens is 354 g/mol. The SMILES string of the molecule is CC(=O)N[C@@H]1CN(C(C)=O)C2(CCN(Cc3ccc4nccnc4c3)CC2)C1. The highest BCUT2D eigenvalue weighted by Crippen LogP contribution is 2.39. The van der Waals surface area contributed by atoms with Gasteiger partial charge in [-0.3, -0.25) is 24.5 Å². The lowest BCUT2D eigenvalue weighted by Crippen LogP contribution is -2.53. The minimum atomic E-state index is -0.121. The van der Waals surface area contributed by atoms with E-state index in [-0.39, 0.29) is 23.4 Å². The maximum Gasteiger partial charge on any atom is 0.219 e. The van der Waals surface area contributed by atoms with Gasteiger partial charge in [-0.15, -0.1) is 0 Å². The molecule has 3 heterocycles. The van der Waals surface area contributed by atoms with E-state index in [4.69, 9.17) is 0 Å². The van der Waals surface area contributed by atoms with Crippen molar-refractivity contribution < 1.29 is 9.59 Å². The maximum atomic E-state index is 12.2. The van der Waals surface area contributed by atoms with Crippen LogP contribution >= 0.6 is 0 Å². The van der Waals surface area contributed by atoms with Gasteiger partial charge in [-0.2, -0.15) is 0 Å². The summed E-state index contributed by atoms with van der Waals surface area (Å²) < 4.78 is 0. The number of nitrogens with one attached hydrogen (secondary N) is 1. The van der Waals surface area contributed by atoms with Crippen LogP contribution < -0.4 is 5.32 Å². The van der Waals surface area contributed by atoms with Gasteiger partial charge >= 0.3 is 0 Å². The van der Waals surface area contributed by atoms with E-state index in [1.807, 2.05) is 11.0 Å². The zero-order chi connectivity index (χ0) is 19.7. The predicted molar refractivity (Wildman–Crippen MR) is 106 cm³/mol. The van der Waals surface area contributed by atoms with Crippen LogP contribution in [0.25, 0.3) is 11.0 Å². The summed E-state index contributed by atoms with van der Waals surface area (Å²) in [5.41, 5.74) is 2.95. The fourth-order valence-corrected chi connectivity index (χ4v) is 4.86. The summed E-state index contributed by atoms with van der Waals surface area (Å²) in [5.74, 6) is 0.0804. The number of amides is 2. The molecule has 0 unspecified atom stereocenters. The second-order valence-electron chi connectivity index (χ2n) is 8.11. The van der Waals surface area contributed by atoms with Crippen molar-refractivity contribution in [2.75, 3.05) is 19.6 Å². The Kier molecular flexibility index (Phi) is 5.02. The predicted octanol–water partition coefficient (Wildman–Crippen LogP) is 1.72. The molecule has 7 heteroatoms. The van der Waals surface area contributed by atoms with Gasteiger partial charge in [0.2, 0.25) is 11.8 Å². The molecule has 0 bridgehead atoms. The third-order valence-electron chi connectivity index (χ3n) is 6.12. The van der Waals surface area contributed by atoms with E-state index in [0.717, 1.165) is 49.9 Å². The average molecular weight is 381 g/mol. The Bertz CT molecular complexity index is 891. The Hall–Kier alpha value is -2.54. The number of fused-ring (bicyclic) bond motifs is 1. The molecule has 0 aliphatic carbocycles. The number of nitrogens with zero attached hydrogens (tertiary/aromatic N) is 4. The number of rotatable bonds is 3. The average Bonchev–Trinajstić information content (AvgIpc) is 3.01. The lowest BCUT2D eigenvalue weighted by molar-refractivity contribution is -0.134. The highest BCUT2D eigenvalue weighted by atomic mass is 16.2. The molecule has 2 aromatic rings. The molecule has 1 aromatic heterocycles. The smallest absolute Gasteiger partial charge is 0.219 e. The van der Waals surface area contributed by atoms with Crippen molar-refractivity contribution >= 4 is 22.8 Å². The van der Waals surface area contributed by atoms with Crippen molar-refractivity contribution in [3.63, 3.8) is 0 Å². The van der Waals surface area contributed by atoms with Crippen molar-refractivity contribution in [2.45, 2.75) is 51.2 Å². The summed E-state index contributed by atoms with van der Waals surface area (Å²) in [6.07, 6.45) is 6.17. The normalized spacial score (nSPS) is 21.9. The first-order valence-corrected chi connectivity index (χ1v) is 9.92. The standard InChI is InChI=1S/C21H27N5O2/c1-15(27)24-18-12-21(26(14-18)16(2)28)5-9-25(10-6-21)13-17-3-4-19-20(11-17)23-8-7-22-19/h3-4,7-8,11,18H,5-6,9-10,12-14H2,1-2H3,(H,24,27)/t18-/m0/s1. The van der Waals surface area contributed by atoms with Gasteiger partial charge < -0.3 is 10.2 Å². The number of aromatic nitrogens is 2. The van der Waals surface area contributed by atoms with E-state index in [1.54, 1.807) is 26.2 Å². The quantitative estimate of drug-likeness (QED) is 0.876. The first-order chi connectivity index (χ1) is 13.4. The molecule has 2 amide bonds. The van der Waals surface area contributed by atoms with Crippen LogP contribution in [0, 0.1) is 0 Å². The first-order valence-electron chi connectivity index (χ1n) is 9.92. The summed E-state index contributed by atoms with van der Waals surface area (Å²) >= 11 is 0. The van der Waals surface area contributed by atoms with E-state index >= 15 is 0 Å². The number of hydrogen-bond acceptors (Lipinski definition) is 5. The molecule has 7 nitrogen and oxygen atoms in total. The number of likely N-dealkylation sites (tertiary alicyclic amines) is 2. The monoisotopic (exact) mass is 381 g/mol. The maximum absolute atomic E-state index is 12.2. The lowest BCUT2D eigenvalue weighted by atomic mass is 9.84. The molecule has 2 fully saturated rings. The van der Waals surface area contributed by atoms with Crippen molar-refractivity contribution in [3.05, 3.63) is 36.2 Å². The van der Waals surface area contributed by atoms with Crippen LogP contribution in [0.5, 0.6) is 0 Å². The summed E-state index contributed by atoms with van der Waals surface area (Å²) in [6.45, 7) is 6.56. The molecule has 0 radical (unpaired) electrons. The van der Waals surface area contributed by atoms with Gasteiger partial charge in [0.25, 0.3) is 0 Å². The lowest BCUT2D eigenvalue weighted by Gasteiger charge is -2.44. The Morgan fingerprint density at radius 1 is 1.14 bits per heavy atom. The van der Waals surface area contributed by atoms with Crippen molar-refractivity contribution in [3.8, 4) is 0 Å². The van der Waals surface area contributed by atoms with Crippen LogP contribution in [-0.2, 0) is 16.1 Å². The third-order valence-corrected chi connectivity index (χ3v) is 6.12. The summed E-state index contributed by atoms with van der Waals surface area (Å²) in [7, 11) is 0. The molecule has 1 spiro atoms. The molecule has 2 aliphatic rings. The molecule has 4 rings (SSSR count). The van der Waals surface area contributed by atoms with E-state index < -0.39 is 0 Å². The zero-order valence-electron chi connectivity index (χ0n) is 16.5. The number of hydrogen-bond donors (Lipinski definition) is 1. The number of carbonyl (C=O) groups is 2. The molecule has 2 aliphatic heterocycles. The van der Waals surface area contributed by atoms with Crippen LogP contribution in [-0.4, -0.2) is 62.8 Å². The van der Waals surface area contributed by atoms with Crippen molar-refractivity contribution in [2.24, 2.45) is 0 Å². The van der Waals surface area contributed by atoms with Crippen LogP contribution in [0.15, 0.2) is 30.6 Å². The van der Waals surface area contributed by atoms with E-state index in [9.17, 15) is 9.59 Å². The highest BCUT2D eigenvalue weighted by Gasteiger charge is 2.48. The van der Waals surface area contributed by atoms with E-state index in [0.29, 0.717) is 6.54 Å². The fraction of sp³-hybridized carbons (Fsp3) is 0.524. The minimum absolute atomic E-state index is 0.0256. The van der Waals surface area contributed by atoms with Gasteiger partial charge in [0.15, 0.2) is 0 Å². The molecule has 28 heavy (non-hydrogen) atoms. The van der Waals surface area contributed by atoms with Crippen LogP contribution in [0.4, 0.5) is 0 Å². The fourth-order valence-electron chi connectivity index (χ4n) is 4.86. The second kappa shape index (κ2) is 7.47. The van der Waals surface area contributed by atoms with Crippen molar-refractivity contribution in [1.82, 2.24) is 25.1 Å². The summed E-state index contributed by atoms with van der Waals surface area (Å²) in [6, 6.07) is 6.31. The van der Waals surface area contributed by atoms with Crippen LogP contribution in [0.1, 0.15) is 38.7 Å². The Morgan fingerprint density at radius 3 is 2.54 bits per heavy atom. The number of carbonyl (C=O) groups excluding carboxylic acids is 2. The molecule has 1 aromatic carbocycles. The first kappa shape index (κ1) is 18.8.